The van der Waals surface area contributed by atoms with E-state index in [0.717, 1.165) is 24.0 Å². The van der Waals surface area contributed by atoms with Crippen LogP contribution >= 0.6 is 0 Å². The number of hydrogen-bond acceptors (Lipinski definition) is 6. The zero-order valence-corrected chi connectivity index (χ0v) is 14.9. The van der Waals surface area contributed by atoms with Crippen LogP contribution in [0.25, 0.3) is 0 Å². The van der Waals surface area contributed by atoms with E-state index in [1.54, 1.807) is 19.5 Å². The van der Waals surface area contributed by atoms with Gasteiger partial charge in [0, 0.05) is 23.0 Å². The molecule has 1 spiro atoms. The Kier molecular flexibility index (Phi) is 2.36. The van der Waals surface area contributed by atoms with E-state index in [1.165, 1.54) is 0 Å². The van der Waals surface area contributed by atoms with Crippen molar-refractivity contribution in [3.8, 4) is 0 Å². The highest BCUT2D eigenvalue weighted by Crippen LogP contribution is 2.75. The minimum absolute atomic E-state index is 0.0203. The molecule has 4 bridgehead atoms. The molecule has 1 aromatic heterocycles. The average Bonchev–Trinajstić information content (AvgIpc) is 2.99. The Morgan fingerprint density at radius 2 is 2.04 bits per heavy atom. The summed E-state index contributed by atoms with van der Waals surface area (Å²) >= 11 is 0. The third-order valence-electron chi connectivity index (χ3n) is 7.66. The maximum Gasteiger partial charge on any atom is 0.334 e. The summed E-state index contributed by atoms with van der Waals surface area (Å²) in [4.78, 5) is 25.4. The molecular weight excluding hydrogens is 336 g/mol. The highest BCUT2D eigenvalue weighted by molar-refractivity contribution is 5.92. The summed E-state index contributed by atoms with van der Waals surface area (Å²) in [7, 11) is 0. The van der Waals surface area contributed by atoms with Crippen molar-refractivity contribution in [2.24, 2.45) is 17.3 Å². The van der Waals surface area contributed by atoms with E-state index >= 15 is 0 Å². The summed E-state index contributed by atoms with van der Waals surface area (Å²) in [6, 6.07) is 1.81. The molecule has 0 N–H and O–H groups in total. The summed E-state index contributed by atoms with van der Waals surface area (Å²) in [5, 5.41) is 0. The van der Waals surface area contributed by atoms with Crippen LogP contribution in [0.1, 0.15) is 45.3 Å². The lowest BCUT2D eigenvalue weighted by atomic mass is 9.49. The lowest BCUT2D eigenvalue weighted by molar-refractivity contribution is -0.156. The molecular formula is C20H20O6. The Balaban J connectivity index is 1.60. The van der Waals surface area contributed by atoms with Crippen LogP contribution in [0.2, 0.25) is 0 Å². The van der Waals surface area contributed by atoms with Crippen LogP contribution in [-0.4, -0.2) is 29.2 Å². The molecule has 6 heteroatoms. The summed E-state index contributed by atoms with van der Waals surface area (Å²) in [5.41, 5.74) is 0.516. The fourth-order valence-electron chi connectivity index (χ4n) is 6.50. The van der Waals surface area contributed by atoms with E-state index in [2.05, 4.69) is 0 Å². The van der Waals surface area contributed by atoms with Gasteiger partial charge in [-0.3, -0.25) is 4.79 Å². The molecule has 2 saturated carbocycles. The molecule has 0 unspecified atom stereocenters. The van der Waals surface area contributed by atoms with E-state index in [1.807, 2.05) is 19.9 Å². The number of esters is 2. The van der Waals surface area contributed by atoms with Crippen LogP contribution in [-0.2, 0) is 23.8 Å². The SMILES string of the molecule is CC1=C2[C@@H]3CC[C@]4(C)C(=O)O[C@@]3(C)[C@H]4[C@H]3O[C@]23[C@@H](c2ccoc2)OC1=O. The van der Waals surface area contributed by atoms with Crippen LogP contribution in [0.4, 0.5) is 0 Å². The number of ether oxygens (including phenoxy) is 3. The highest BCUT2D eigenvalue weighted by Gasteiger charge is 2.85. The Labute approximate surface area is 150 Å². The van der Waals surface area contributed by atoms with E-state index in [4.69, 9.17) is 18.6 Å². The number of cyclic esters (lactones) is 1. The first-order valence-electron chi connectivity index (χ1n) is 9.19. The van der Waals surface area contributed by atoms with Crippen molar-refractivity contribution in [1.29, 1.82) is 0 Å². The predicted molar refractivity (Wildman–Crippen MR) is 86.7 cm³/mol. The fraction of sp³-hybridized carbons (Fsp3) is 0.600. The topological polar surface area (TPSA) is 78.3 Å². The lowest BCUT2D eigenvalue weighted by Gasteiger charge is -2.52. The number of hydrogen-bond donors (Lipinski definition) is 0. The third kappa shape index (κ3) is 1.33. The lowest BCUT2D eigenvalue weighted by Crippen LogP contribution is -2.60. The standard InChI is InChI=1S/C20H20O6/c1-9-12-11-4-6-18(2)13(19(11,3)26-17(18)22)15-20(12,25-15)14(24-16(9)21)10-5-7-23-8-10/h5,7-8,11,13-15H,4,6H2,1-3H3/t11-,13-,14+,15+,18-,19+,20-/m0/s1. The van der Waals surface area contributed by atoms with Crippen LogP contribution in [0.3, 0.4) is 0 Å². The third-order valence-corrected chi connectivity index (χ3v) is 7.66. The second kappa shape index (κ2) is 4.09. The zero-order valence-electron chi connectivity index (χ0n) is 14.9. The predicted octanol–water partition coefficient (Wildman–Crippen LogP) is 2.69. The maximum absolute atomic E-state index is 12.7. The summed E-state index contributed by atoms with van der Waals surface area (Å²) in [6.45, 7) is 5.82. The molecule has 6 rings (SSSR count). The Morgan fingerprint density at radius 3 is 2.77 bits per heavy atom. The first-order valence-corrected chi connectivity index (χ1v) is 9.19. The molecule has 1 aromatic rings. The molecule has 4 fully saturated rings. The Hall–Kier alpha value is -2.08. The number of furan rings is 1. The molecule has 4 heterocycles. The first-order chi connectivity index (χ1) is 12.3. The first kappa shape index (κ1) is 15.0. The van der Waals surface area contributed by atoms with Crippen LogP contribution in [0, 0.1) is 17.3 Å². The Bertz CT molecular complexity index is 899. The van der Waals surface area contributed by atoms with Gasteiger partial charge in [0.25, 0.3) is 0 Å². The monoisotopic (exact) mass is 356 g/mol. The van der Waals surface area contributed by atoms with Crippen molar-refractivity contribution in [3.63, 3.8) is 0 Å². The largest absolute Gasteiger partial charge is 0.472 e. The molecule has 26 heavy (non-hydrogen) atoms. The maximum atomic E-state index is 12.7. The molecule has 136 valence electrons. The molecule has 7 atom stereocenters. The molecule has 5 aliphatic rings. The number of fused-ring (bicyclic) bond motifs is 1. The molecule has 3 aliphatic heterocycles. The van der Waals surface area contributed by atoms with Gasteiger partial charge in [0.15, 0.2) is 11.7 Å². The van der Waals surface area contributed by atoms with Crippen molar-refractivity contribution in [2.75, 3.05) is 0 Å². The zero-order chi connectivity index (χ0) is 18.1. The van der Waals surface area contributed by atoms with Crippen LogP contribution in [0.15, 0.2) is 34.2 Å². The van der Waals surface area contributed by atoms with Gasteiger partial charge in [0.05, 0.1) is 17.9 Å². The van der Waals surface area contributed by atoms with Crippen molar-refractivity contribution >= 4 is 11.9 Å². The number of carbonyl (C=O) groups is 2. The van der Waals surface area contributed by atoms with E-state index in [-0.39, 0.29) is 29.9 Å². The minimum atomic E-state index is -0.688. The molecule has 2 saturated heterocycles. The van der Waals surface area contributed by atoms with Gasteiger partial charge < -0.3 is 18.6 Å². The summed E-state index contributed by atoms with van der Waals surface area (Å²) in [5.74, 6) is -0.523. The molecule has 6 nitrogen and oxygen atoms in total. The number of rotatable bonds is 1. The van der Waals surface area contributed by atoms with Gasteiger partial charge in [-0.1, -0.05) is 0 Å². The van der Waals surface area contributed by atoms with E-state index < -0.39 is 22.7 Å². The van der Waals surface area contributed by atoms with Gasteiger partial charge in [-0.05, 0) is 45.3 Å². The van der Waals surface area contributed by atoms with Gasteiger partial charge in [0.2, 0.25) is 0 Å². The molecule has 0 radical (unpaired) electrons. The number of epoxide rings is 1. The van der Waals surface area contributed by atoms with Gasteiger partial charge in [0.1, 0.15) is 11.7 Å². The van der Waals surface area contributed by atoms with Crippen LogP contribution < -0.4 is 0 Å². The second-order valence-corrected chi connectivity index (χ2v) is 8.77. The molecule has 0 aromatic carbocycles. The average molecular weight is 356 g/mol. The van der Waals surface area contributed by atoms with Crippen molar-refractivity contribution < 1.29 is 28.2 Å². The number of carbonyl (C=O) groups excluding carboxylic acids is 2. The quantitative estimate of drug-likeness (QED) is 0.569. The van der Waals surface area contributed by atoms with Gasteiger partial charge in [-0.15, -0.1) is 0 Å². The van der Waals surface area contributed by atoms with Crippen molar-refractivity contribution in [1.82, 2.24) is 0 Å². The van der Waals surface area contributed by atoms with E-state index in [0.29, 0.717) is 5.57 Å². The highest BCUT2D eigenvalue weighted by atomic mass is 16.7. The van der Waals surface area contributed by atoms with Crippen LogP contribution in [0.5, 0.6) is 0 Å². The van der Waals surface area contributed by atoms with Crippen molar-refractivity contribution in [3.05, 3.63) is 35.3 Å². The second-order valence-electron chi connectivity index (χ2n) is 8.77. The summed E-state index contributed by atoms with van der Waals surface area (Å²) in [6.07, 6.45) is 4.01. The minimum Gasteiger partial charge on any atom is -0.472 e. The normalized spacial score (nSPS) is 50.7. The smallest absolute Gasteiger partial charge is 0.334 e. The molecule has 2 aliphatic carbocycles. The van der Waals surface area contributed by atoms with Gasteiger partial charge in [-0.2, -0.15) is 0 Å². The molecule has 0 amide bonds. The van der Waals surface area contributed by atoms with Gasteiger partial charge >= 0.3 is 11.9 Å². The van der Waals surface area contributed by atoms with Gasteiger partial charge in [-0.25, -0.2) is 4.79 Å². The Morgan fingerprint density at radius 1 is 1.23 bits per heavy atom. The van der Waals surface area contributed by atoms with E-state index in [9.17, 15) is 9.59 Å². The summed E-state index contributed by atoms with van der Waals surface area (Å²) < 4.78 is 23.4. The fourth-order valence-corrected chi connectivity index (χ4v) is 6.50. The van der Waals surface area contributed by atoms with Crippen molar-refractivity contribution in [2.45, 2.75) is 57.0 Å².